The van der Waals surface area contributed by atoms with Crippen LogP contribution in [0, 0.1) is 11.3 Å². The van der Waals surface area contributed by atoms with E-state index in [-0.39, 0.29) is 0 Å². The van der Waals surface area contributed by atoms with E-state index in [1.165, 1.54) is 13.1 Å². The van der Waals surface area contributed by atoms with E-state index in [9.17, 15) is 4.79 Å². The van der Waals surface area contributed by atoms with Crippen molar-refractivity contribution in [3.63, 3.8) is 0 Å². The largest absolute Gasteiger partial charge is 0.424 e. The van der Waals surface area contributed by atoms with E-state index in [1.807, 2.05) is 12.1 Å². The van der Waals surface area contributed by atoms with Gasteiger partial charge >= 0.3 is 5.97 Å². The first-order chi connectivity index (χ1) is 7.70. The number of nitrogens with zero attached hydrogens (tertiary/aromatic N) is 2. The number of fused-ring (bicyclic) bond motifs is 1. The maximum Gasteiger partial charge on any atom is 0.308 e. The summed E-state index contributed by atoms with van der Waals surface area (Å²) in [5.74, 6) is 0.0214. The van der Waals surface area contributed by atoms with Crippen molar-refractivity contribution in [2.75, 3.05) is 0 Å². The van der Waals surface area contributed by atoms with E-state index in [2.05, 4.69) is 4.98 Å². The van der Waals surface area contributed by atoms with Crippen molar-refractivity contribution in [1.29, 1.82) is 5.26 Å². The third kappa shape index (κ3) is 1.84. The summed E-state index contributed by atoms with van der Waals surface area (Å²) in [6, 6.07) is 8.95. The van der Waals surface area contributed by atoms with E-state index in [0.717, 1.165) is 5.39 Å². The highest BCUT2D eigenvalue weighted by molar-refractivity contribution is 5.87. The Morgan fingerprint density at radius 1 is 1.50 bits per heavy atom. The normalized spacial score (nSPS) is 9.75. The Kier molecular flexibility index (Phi) is 2.52. The van der Waals surface area contributed by atoms with Crippen LogP contribution in [-0.2, 0) is 4.79 Å². The molecule has 0 spiro atoms. The van der Waals surface area contributed by atoms with E-state index in [4.69, 9.17) is 10.00 Å². The lowest BCUT2D eigenvalue weighted by Crippen LogP contribution is -2.02. The minimum Gasteiger partial charge on any atom is -0.424 e. The fourth-order valence-corrected chi connectivity index (χ4v) is 1.43. The van der Waals surface area contributed by atoms with Crippen molar-refractivity contribution in [3.05, 3.63) is 36.0 Å². The van der Waals surface area contributed by atoms with E-state index >= 15 is 0 Å². The number of para-hydroxylation sites is 1. The maximum absolute atomic E-state index is 10.9. The molecule has 0 saturated carbocycles. The van der Waals surface area contributed by atoms with Crippen LogP contribution in [0.1, 0.15) is 12.5 Å². The summed E-state index contributed by atoms with van der Waals surface area (Å²) in [7, 11) is 0. The second-order valence-corrected chi connectivity index (χ2v) is 3.26. The molecule has 0 aliphatic carbocycles. The highest BCUT2D eigenvalue weighted by atomic mass is 16.5. The maximum atomic E-state index is 10.9. The lowest BCUT2D eigenvalue weighted by molar-refractivity contribution is -0.131. The van der Waals surface area contributed by atoms with E-state index in [1.54, 1.807) is 18.2 Å². The highest BCUT2D eigenvalue weighted by Crippen LogP contribution is 2.23. The average molecular weight is 212 g/mol. The van der Waals surface area contributed by atoms with Crippen molar-refractivity contribution in [3.8, 4) is 11.8 Å². The number of benzene rings is 1. The Morgan fingerprint density at radius 2 is 2.31 bits per heavy atom. The molecule has 0 atom stereocenters. The number of pyridine rings is 1. The Balaban J connectivity index is 2.61. The van der Waals surface area contributed by atoms with Crippen LogP contribution >= 0.6 is 0 Å². The lowest BCUT2D eigenvalue weighted by atomic mass is 10.1. The number of aromatic nitrogens is 1. The van der Waals surface area contributed by atoms with Crippen molar-refractivity contribution >= 4 is 16.9 Å². The van der Waals surface area contributed by atoms with Crippen LogP contribution in [0.4, 0.5) is 0 Å². The van der Waals surface area contributed by atoms with Gasteiger partial charge in [-0.2, -0.15) is 5.26 Å². The zero-order valence-electron chi connectivity index (χ0n) is 8.60. The zero-order valence-corrected chi connectivity index (χ0v) is 8.60. The number of carbonyl (C=O) groups excluding carboxylic acids is 1. The first kappa shape index (κ1) is 10.1. The third-order valence-corrected chi connectivity index (χ3v) is 2.06. The molecule has 78 valence electrons. The molecule has 0 unspecified atom stereocenters. The van der Waals surface area contributed by atoms with Crippen LogP contribution in [0.15, 0.2) is 30.5 Å². The Labute approximate surface area is 92.1 Å². The summed E-state index contributed by atoms with van der Waals surface area (Å²) in [6.45, 7) is 1.34. The molecule has 4 heteroatoms. The standard InChI is InChI=1S/C12H8N2O2/c1-8(15)16-11-4-2-3-10-5-9(6-13)7-14-12(10)11/h2-5,7H,1H3. The number of hydrogen-bond donors (Lipinski definition) is 0. The van der Waals surface area contributed by atoms with Gasteiger partial charge < -0.3 is 4.74 Å². The molecule has 0 aliphatic heterocycles. The summed E-state index contributed by atoms with van der Waals surface area (Å²) < 4.78 is 5.02. The molecule has 0 amide bonds. The third-order valence-electron chi connectivity index (χ3n) is 2.06. The van der Waals surface area contributed by atoms with Gasteiger partial charge in [0.25, 0.3) is 0 Å². The molecule has 4 nitrogen and oxygen atoms in total. The summed E-state index contributed by atoms with van der Waals surface area (Å²) in [6.07, 6.45) is 1.45. The molecule has 2 rings (SSSR count). The van der Waals surface area contributed by atoms with Crippen LogP contribution in [-0.4, -0.2) is 11.0 Å². The molecular formula is C12H8N2O2. The van der Waals surface area contributed by atoms with E-state index in [0.29, 0.717) is 16.8 Å². The number of rotatable bonds is 1. The summed E-state index contributed by atoms with van der Waals surface area (Å²) in [5, 5.41) is 9.51. The molecule has 1 aromatic heterocycles. The van der Waals surface area contributed by atoms with Crippen molar-refractivity contribution in [2.24, 2.45) is 0 Å². The van der Waals surface area contributed by atoms with Crippen LogP contribution in [0.2, 0.25) is 0 Å². The smallest absolute Gasteiger partial charge is 0.308 e. The van der Waals surface area contributed by atoms with Gasteiger partial charge in [-0.25, -0.2) is 0 Å². The number of carbonyl (C=O) groups is 1. The van der Waals surface area contributed by atoms with Gasteiger partial charge in [0.05, 0.1) is 5.56 Å². The molecule has 1 heterocycles. The minimum absolute atomic E-state index is 0.390. The molecule has 0 aliphatic rings. The molecule has 16 heavy (non-hydrogen) atoms. The molecule has 0 bridgehead atoms. The molecule has 0 N–H and O–H groups in total. The van der Waals surface area contributed by atoms with E-state index < -0.39 is 5.97 Å². The fourth-order valence-electron chi connectivity index (χ4n) is 1.43. The first-order valence-corrected chi connectivity index (χ1v) is 4.68. The number of ether oxygens (including phenoxy) is 1. The predicted molar refractivity (Wildman–Crippen MR) is 57.8 cm³/mol. The molecule has 1 aromatic carbocycles. The first-order valence-electron chi connectivity index (χ1n) is 4.68. The van der Waals surface area contributed by atoms with Gasteiger partial charge in [-0.3, -0.25) is 9.78 Å². The second-order valence-electron chi connectivity index (χ2n) is 3.26. The van der Waals surface area contributed by atoms with Crippen LogP contribution in [0.25, 0.3) is 10.9 Å². The Morgan fingerprint density at radius 3 is 3.00 bits per heavy atom. The lowest BCUT2D eigenvalue weighted by Gasteiger charge is -2.04. The SMILES string of the molecule is CC(=O)Oc1cccc2cc(C#N)cnc12. The Bertz CT molecular complexity index is 599. The van der Waals surface area contributed by atoms with Crippen molar-refractivity contribution in [2.45, 2.75) is 6.92 Å². The predicted octanol–water partition coefficient (Wildman–Crippen LogP) is 2.03. The summed E-state index contributed by atoms with van der Waals surface area (Å²) >= 11 is 0. The van der Waals surface area contributed by atoms with Gasteiger partial charge in [0.2, 0.25) is 0 Å². The second kappa shape index (κ2) is 3.99. The number of esters is 1. The van der Waals surface area contributed by atoms with Gasteiger partial charge in [0.1, 0.15) is 11.6 Å². The van der Waals surface area contributed by atoms with Gasteiger partial charge in [0.15, 0.2) is 5.75 Å². The van der Waals surface area contributed by atoms with Gasteiger partial charge in [-0.15, -0.1) is 0 Å². The molecule has 0 saturated heterocycles. The van der Waals surface area contributed by atoms with Crippen LogP contribution in [0.5, 0.6) is 5.75 Å². The van der Waals surface area contributed by atoms with Crippen LogP contribution < -0.4 is 4.74 Å². The molecular weight excluding hydrogens is 204 g/mol. The average Bonchev–Trinajstić information content (AvgIpc) is 2.28. The number of hydrogen-bond acceptors (Lipinski definition) is 4. The Hall–Kier alpha value is -2.41. The van der Waals surface area contributed by atoms with Gasteiger partial charge in [-0.1, -0.05) is 12.1 Å². The summed E-state index contributed by atoms with van der Waals surface area (Å²) in [5.41, 5.74) is 1.06. The quantitative estimate of drug-likeness (QED) is 0.536. The fraction of sp³-hybridized carbons (Fsp3) is 0.0833. The molecule has 0 radical (unpaired) electrons. The van der Waals surface area contributed by atoms with Crippen LogP contribution in [0.3, 0.4) is 0 Å². The molecule has 2 aromatic rings. The topological polar surface area (TPSA) is 63.0 Å². The minimum atomic E-state index is -0.390. The van der Waals surface area contributed by atoms with Crippen molar-refractivity contribution in [1.82, 2.24) is 4.98 Å². The summed E-state index contributed by atoms with van der Waals surface area (Å²) in [4.78, 5) is 15.0. The highest BCUT2D eigenvalue weighted by Gasteiger charge is 2.06. The number of nitriles is 1. The molecule has 0 fully saturated rings. The van der Waals surface area contributed by atoms with Gasteiger partial charge in [0, 0.05) is 18.5 Å². The van der Waals surface area contributed by atoms with Crippen molar-refractivity contribution < 1.29 is 9.53 Å². The zero-order chi connectivity index (χ0) is 11.5. The van der Waals surface area contributed by atoms with Gasteiger partial charge in [-0.05, 0) is 12.1 Å². The monoisotopic (exact) mass is 212 g/mol.